The highest BCUT2D eigenvalue weighted by atomic mass is 16.2. The summed E-state index contributed by atoms with van der Waals surface area (Å²) in [4.78, 5) is 17.1. The standard InChI is InChI=1S/C22H35N3O/c1-17(2)14-23-22(26)16-24-11-9-21(10-12-24)25(20-7-8-20)15-19-6-4-5-18(3)13-19/h4-6,13,17,20-21H,7-12,14-16H2,1-3H3,(H,23,26). The molecule has 3 rings (SSSR count). The Morgan fingerprint density at radius 2 is 1.88 bits per heavy atom. The Kier molecular flexibility index (Phi) is 6.71. The van der Waals surface area contributed by atoms with Gasteiger partial charge in [0.15, 0.2) is 0 Å². The highest BCUT2D eigenvalue weighted by molar-refractivity contribution is 5.78. The molecule has 4 heteroatoms. The van der Waals surface area contributed by atoms with Crippen molar-refractivity contribution in [2.75, 3.05) is 26.2 Å². The molecule has 1 N–H and O–H groups in total. The minimum atomic E-state index is 0.177. The number of nitrogens with zero attached hydrogens (tertiary/aromatic N) is 2. The van der Waals surface area contributed by atoms with Gasteiger partial charge in [0.2, 0.25) is 5.91 Å². The predicted octanol–water partition coefficient (Wildman–Crippen LogP) is 3.20. The lowest BCUT2D eigenvalue weighted by atomic mass is 10.0. The molecular weight excluding hydrogens is 322 g/mol. The molecule has 0 spiro atoms. The van der Waals surface area contributed by atoms with Crippen LogP contribution in [-0.2, 0) is 11.3 Å². The van der Waals surface area contributed by atoms with Crippen LogP contribution in [0, 0.1) is 12.8 Å². The van der Waals surface area contributed by atoms with Gasteiger partial charge in [-0.1, -0.05) is 43.7 Å². The van der Waals surface area contributed by atoms with Gasteiger partial charge >= 0.3 is 0 Å². The van der Waals surface area contributed by atoms with E-state index in [1.54, 1.807) is 0 Å². The van der Waals surface area contributed by atoms with Crippen molar-refractivity contribution < 1.29 is 4.79 Å². The van der Waals surface area contributed by atoms with E-state index in [0.29, 0.717) is 18.5 Å². The minimum Gasteiger partial charge on any atom is -0.355 e. The summed E-state index contributed by atoms with van der Waals surface area (Å²) in [5, 5.41) is 3.04. The number of carbonyl (C=O) groups excluding carboxylic acids is 1. The SMILES string of the molecule is Cc1cccc(CN(C2CC2)C2CCN(CC(=O)NCC(C)C)CC2)c1. The summed E-state index contributed by atoms with van der Waals surface area (Å²) in [6.07, 6.45) is 5.06. The van der Waals surface area contributed by atoms with E-state index in [9.17, 15) is 4.79 Å². The van der Waals surface area contributed by atoms with Crippen molar-refractivity contribution >= 4 is 5.91 Å². The third-order valence-corrected chi connectivity index (χ3v) is 5.56. The van der Waals surface area contributed by atoms with Crippen molar-refractivity contribution in [1.82, 2.24) is 15.1 Å². The van der Waals surface area contributed by atoms with Gasteiger partial charge < -0.3 is 5.32 Å². The smallest absolute Gasteiger partial charge is 0.234 e. The molecule has 0 aromatic heterocycles. The second-order valence-electron chi connectivity index (χ2n) is 8.60. The van der Waals surface area contributed by atoms with Gasteiger partial charge in [-0.25, -0.2) is 0 Å². The summed E-state index contributed by atoms with van der Waals surface area (Å²) < 4.78 is 0. The molecule has 1 aromatic carbocycles. The third kappa shape index (κ3) is 5.82. The third-order valence-electron chi connectivity index (χ3n) is 5.56. The summed E-state index contributed by atoms with van der Waals surface area (Å²) in [5.74, 6) is 0.689. The van der Waals surface area contributed by atoms with E-state index in [0.717, 1.165) is 32.2 Å². The van der Waals surface area contributed by atoms with Gasteiger partial charge in [-0.05, 0) is 44.1 Å². The van der Waals surface area contributed by atoms with Gasteiger partial charge in [-0.2, -0.15) is 0 Å². The number of rotatable bonds is 8. The van der Waals surface area contributed by atoms with Crippen LogP contribution in [0.3, 0.4) is 0 Å². The predicted molar refractivity (Wildman–Crippen MR) is 107 cm³/mol. The molecule has 1 saturated heterocycles. The van der Waals surface area contributed by atoms with Crippen molar-refractivity contribution in [1.29, 1.82) is 0 Å². The number of amides is 1. The Hall–Kier alpha value is -1.39. The van der Waals surface area contributed by atoms with Gasteiger partial charge in [0.05, 0.1) is 6.54 Å². The van der Waals surface area contributed by atoms with E-state index in [4.69, 9.17) is 0 Å². The second-order valence-corrected chi connectivity index (χ2v) is 8.60. The summed E-state index contributed by atoms with van der Waals surface area (Å²) in [5.41, 5.74) is 2.79. The molecule has 1 aliphatic carbocycles. The lowest BCUT2D eigenvalue weighted by molar-refractivity contribution is -0.122. The highest BCUT2D eigenvalue weighted by Crippen LogP contribution is 2.33. The number of hydrogen-bond donors (Lipinski definition) is 1. The van der Waals surface area contributed by atoms with Gasteiger partial charge in [0, 0.05) is 38.3 Å². The molecule has 0 atom stereocenters. The van der Waals surface area contributed by atoms with E-state index < -0.39 is 0 Å². The molecule has 1 heterocycles. The molecule has 26 heavy (non-hydrogen) atoms. The van der Waals surface area contributed by atoms with E-state index in [1.165, 1.54) is 36.8 Å². The maximum atomic E-state index is 12.1. The van der Waals surface area contributed by atoms with Crippen LogP contribution < -0.4 is 5.32 Å². The van der Waals surface area contributed by atoms with Crippen LogP contribution >= 0.6 is 0 Å². The Morgan fingerprint density at radius 1 is 1.19 bits per heavy atom. The number of likely N-dealkylation sites (tertiary alicyclic amines) is 1. The minimum absolute atomic E-state index is 0.177. The lowest BCUT2D eigenvalue weighted by Crippen LogP contribution is -2.48. The molecule has 1 aromatic rings. The first-order valence-corrected chi connectivity index (χ1v) is 10.3. The molecule has 0 unspecified atom stereocenters. The van der Waals surface area contributed by atoms with Crippen molar-refractivity contribution in [2.24, 2.45) is 5.92 Å². The summed E-state index contributed by atoms with van der Waals surface area (Å²) in [7, 11) is 0. The molecule has 2 fully saturated rings. The van der Waals surface area contributed by atoms with Crippen LogP contribution in [0.15, 0.2) is 24.3 Å². The van der Waals surface area contributed by atoms with Crippen molar-refractivity contribution in [3.8, 4) is 0 Å². The van der Waals surface area contributed by atoms with Gasteiger partial charge in [-0.15, -0.1) is 0 Å². The van der Waals surface area contributed by atoms with Crippen LogP contribution in [-0.4, -0.2) is 54.0 Å². The van der Waals surface area contributed by atoms with Crippen LogP contribution in [0.1, 0.15) is 50.7 Å². The van der Waals surface area contributed by atoms with Crippen molar-refractivity contribution in [3.05, 3.63) is 35.4 Å². The van der Waals surface area contributed by atoms with Gasteiger partial charge in [-0.3, -0.25) is 14.6 Å². The number of benzene rings is 1. The maximum absolute atomic E-state index is 12.1. The average Bonchev–Trinajstić information content (AvgIpc) is 3.44. The first-order chi connectivity index (χ1) is 12.5. The number of hydrogen-bond acceptors (Lipinski definition) is 3. The summed E-state index contributed by atoms with van der Waals surface area (Å²) >= 11 is 0. The fraction of sp³-hybridized carbons (Fsp3) is 0.682. The van der Waals surface area contributed by atoms with E-state index >= 15 is 0 Å². The first-order valence-electron chi connectivity index (χ1n) is 10.3. The largest absolute Gasteiger partial charge is 0.355 e. The summed E-state index contributed by atoms with van der Waals surface area (Å²) in [6.45, 7) is 10.9. The molecule has 1 aliphatic heterocycles. The average molecular weight is 358 g/mol. The summed E-state index contributed by atoms with van der Waals surface area (Å²) in [6, 6.07) is 10.4. The molecular formula is C22H35N3O. The number of carbonyl (C=O) groups is 1. The quantitative estimate of drug-likeness (QED) is 0.776. The Labute approximate surface area is 158 Å². The zero-order chi connectivity index (χ0) is 18.5. The zero-order valence-electron chi connectivity index (χ0n) is 16.7. The Balaban J connectivity index is 1.48. The normalized spacial score (nSPS) is 19.3. The molecule has 144 valence electrons. The Morgan fingerprint density at radius 3 is 2.50 bits per heavy atom. The molecule has 0 bridgehead atoms. The van der Waals surface area contributed by atoms with Gasteiger partial charge in [0.1, 0.15) is 0 Å². The van der Waals surface area contributed by atoms with Crippen molar-refractivity contribution in [3.63, 3.8) is 0 Å². The van der Waals surface area contributed by atoms with Crippen LogP contribution in [0.2, 0.25) is 0 Å². The lowest BCUT2D eigenvalue weighted by Gasteiger charge is -2.38. The van der Waals surface area contributed by atoms with Crippen LogP contribution in [0.4, 0.5) is 0 Å². The molecule has 0 radical (unpaired) electrons. The van der Waals surface area contributed by atoms with E-state index in [-0.39, 0.29) is 5.91 Å². The Bertz CT molecular complexity index is 589. The first kappa shape index (κ1) is 19.4. The number of aryl methyl sites for hydroxylation is 1. The monoisotopic (exact) mass is 357 g/mol. The molecule has 2 aliphatic rings. The van der Waals surface area contributed by atoms with Gasteiger partial charge in [0.25, 0.3) is 0 Å². The number of nitrogens with one attached hydrogen (secondary N) is 1. The van der Waals surface area contributed by atoms with Crippen molar-refractivity contribution in [2.45, 2.75) is 65.1 Å². The fourth-order valence-electron chi connectivity index (χ4n) is 3.97. The highest BCUT2D eigenvalue weighted by Gasteiger charge is 2.35. The second kappa shape index (κ2) is 9.01. The van der Waals surface area contributed by atoms with Crippen LogP contribution in [0.5, 0.6) is 0 Å². The van der Waals surface area contributed by atoms with Crippen LogP contribution in [0.25, 0.3) is 0 Å². The topological polar surface area (TPSA) is 35.6 Å². The number of piperidine rings is 1. The maximum Gasteiger partial charge on any atom is 0.234 e. The molecule has 1 amide bonds. The molecule has 1 saturated carbocycles. The fourth-order valence-corrected chi connectivity index (χ4v) is 3.97. The van der Waals surface area contributed by atoms with E-state index in [1.807, 2.05) is 0 Å². The van der Waals surface area contributed by atoms with E-state index in [2.05, 4.69) is 60.2 Å². The molecule has 4 nitrogen and oxygen atoms in total. The zero-order valence-corrected chi connectivity index (χ0v) is 16.7.